The predicted molar refractivity (Wildman–Crippen MR) is 62.1 cm³/mol. The Kier molecular flexibility index (Phi) is 2.54. The molecule has 4 nitrogen and oxygen atoms in total. The van der Waals surface area contributed by atoms with Crippen molar-refractivity contribution in [2.45, 2.75) is 25.4 Å². The number of benzene rings is 1. The SMILES string of the molecule is O=C1NCC2CCc3cccc(F)c3CN2C1=O. The summed E-state index contributed by atoms with van der Waals surface area (Å²) in [7, 11) is 0. The van der Waals surface area contributed by atoms with E-state index in [0.29, 0.717) is 12.1 Å². The Morgan fingerprint density at radius 1 is 1.33 bits per heavy atom. The molecular weight excluding hydrogens is 235 g/mol. The molecule has 2 heterocycles. The Bertz CT molecular complexity index is 530. The average Bonchev–Trinajstić information content (AvgIpc) is 2.55. The molecule has 0 radical (unpaired) electrons. The lowest BCUT2D eigenvalue weighted by Crippen LogP contribution is -2.57. The maximum atomic E-state index is 13.8. The third-order valence-corrected chi connectivity index (χ3v) is 3.69. The van der Waals surface area contributed by atoms with Gasteiger partial charge in [-0.15, -0.1) is 0 Å². The zero-order chi connectivity index (χ0) is 12.7. The fraction of sp³-hybridized carbons (Fsp3) is 0.385. The number of hydrogen-bond donors (Lipinski definition) is 1. The number of piperazine rings is 1. The van der Waals surface area contributed by atoms with Crippen molar-refractivity contribution in [2.75, 3.05) is 6.54 Å². The minimum atomic E-state index is -0.592. The number of halogens is 1. The molecule has 0 aliphatic carbocycles. The highest BCUT2D eigenvalue weighted by Crippen LogP contribution is 2.25. The first-order chi connectivity index (χ1) is 8.66. The Morgan fingerprint density at radius 3 is 3.00 bits per heavy atom. The highest BCUT2D eigenvalue weighted by atomic mass is 19.1. The van der Waals surface area contributed by atoms with Gasteiger partial charge in [-0.1, -0.05) is 12.1 Å². The van der Waals surface area contributed by atoms with E-state index in [1.807, 2.05) is 6.07 Å². The smallest absolute Gasteiger partial charge is 0.312 e. The number of nitrogens with zero attached hydrogens (tertiary/aromatic N) is 1. The van der Waals surface area contributed by atoms with E-state index < -0.39 is 11.8 Å². The third-order valence-electron chi connectivity index (χ3n) is 3.69. The fourth-order valence-corrected chi connectivity index (χ4v) is 2.66. The van der Waals surface area contributed by atoms with Crippen LogP contribution in [-0.2, 0) is 22.6 Å². The fourth-order valence-electron chi connectivity index (χ4n) is 2.66. The molecule has 1 unspecified atom stereocenters. The molecule has 2 aliphatic heterocycles. The van der Waals surface area contributed by atoms with Gasteiger partial charge in [-0.25, -0.2) is 4.39 Å². The normalized spacial score (nSPS) is 22.9. The molecule has 1 saturated heterocycles. The van der Waals surface area contributed by atoms with E-state index in [1.165, 1.54) is 11.0 Å². The van der Waals surface area contributed by atoms with Crippen LogP contribution < -0.4 is 5.32 Å². The topological polar surface area (TPSA) is 49.4 Å². The Balaban J connectivity index is 1.99. The van der Waals surface area contributed by atoms with Crippen LogP contribution in [0.5, 0.6) is 0 Å². The van der Waals surface area contributed by atoms with Crippen LogP contribution in [-0.4, -0.2) is 29.3 Å². The lowest BCUT2D eigenvalue weighted by Gasteiger charge is -2.33. The van der Waals surface area contributed by atoms with E-state index in [1.54, 1.807) is 6.07 Å². The number of fused-ring (bicyclic) bond motifs is 2. The van der Waals surface area contributed by atoms with E-state index in [2.05, 4.69) is 5.32 Å². The minimum Gasteiger partial charge on any atom is -0.346 e. The number of carbonyl (C=O) groups is 2. The van der Waals surface area contributed by atoms with Gasteiger partial charge >= 0.3 is 11.8 Å². The number of rotatable bonds is 0. The summed E-state index contributed by atoms with van der Waals surface area (Å²) in [6.45, 7) is 0.652. The summed E-state index contributed by atoms with van der Waals surface area (Å²) in [5.74, 6) is -1.44. The van der Waals surface area contributed by atoms with Crippen molar-refractivity contribution in [2.24, 2.45) is 0 Å². The van der Waals surface area contributed by atoms with Crippen molar-refractivity contribution in [3.8, 4) is 0 Å². The van der Waals surface area contributed by atoms with Crippen molar-refractivity contribution in [1.82, 2.24) is 10.2 Å². The number of hydrogen-bond acceptors (Lipinski definition) is 2. The molecule has 2 aliphatic rings. The first-order valence-corrected chi connectivity index (χ1v) is 6.02. The molecule has 0 saturated carbocycles. The molecule has 1 aromatic rings. The van der Waals surface area contributed by atoms with Gasteiger partial charge in [-0.05, 0) is 24.5 Å². The molecule has 5 heteroatoms. The van der Waals surface area contributed by atoms with E-state index in [0.717, 1.165) is 18.4 Å². The van der Waals surface area contributed by atoms with Gasteiger partial charge in [0.05, 0.1) is 6.04 Å². The number of nitrogens with one attached hydrogen (secondary N) is 1. The first-order valence-electron chi connectivity index (χ1n) is 6.02. The summed E-state index contributed by atoms with van der Waals surface area (Å²) in [6.07, 6.45) is 1.49. The maximum Gasteiger partial charge on any atom is 0.312 e. The third kappa shape index (κ3) is 1.66. The second-order valence-electron chi connectivity index (χ2n) is 4.71. The van der Waals surface area contributed by atoms with Crippen LogP contribution >= 0.6 is 0 Å². The van der Waals surface area contributed by atoms with Gasteiger partial charge in [0.1, 0.15) is 5.82 Å². The highest BCUT2D eigenvalue weighted by Gasteiger charge is 2.36. The van der Waals surface area contributed by atoms with Crippen LogP contribution in [0.2, 0.25) is 0 Å². The summed E-state index contributed by atoms with van der Waals surface area (Å²) in [4.78, 5) is 24.7. The highest BCUT2D eigenvalue weighted by molar-refractivity contribution is 6.35. The van der Waals surface area contributed by atoms with Crippen LogP contribution in [0.1, 0.15) is 17.5 Å². The van der Waals surface area contributed by atoms with E-state index in [9.17, 15) is 14.0 Å². The Labute approximate surface area is 104 Å². The zero-order valence-corrected chi connectivity index (χ0v) is 9.78. The maximum absolute atomic E-state index is 13.8. The average molecular weight is 248 g/mol. The standard InChI is InChI=1S/C13H13FN2O2/c14-11-3-1-2-8-4-5-9-6-15-12(17)13(18)16(9)7-10(8)11/h1-3,9H,4-7H2,(H,15,17). The lowest BCUT2D eigenvalue weighted by atomic mass is 10.0. The van der Waals surface area contributed by atoms with Gasteiger partial charge in [-0.3, -0.25) is 9.59 Å². The van der Waals surface area contributed by atoms with Gasteiger partial charge in [0, 0.05) is 18.7 Å². The molecule has 1 atom stereocenters. The van der Waals surface area contributed by atoms with Crippen LogP contribution in [0, 0.1) is 5.82 Å². The second kappa shape index (κ2) is 4.08. The monoisotopic (exact) mass is 248 g/mol. The summed E-state index contributed by atoms with van der Waals surface area (Å²) < 4.78 is 13.8. The molecule has 1 N–H and O–H groups in total. The lowest BCUT2D eigenvalue weighted by molar-refractivity contribution is -0.151. The van der Waals surface area contributed by atoms with Crippen LogP contribution in [0.15, 0.2) is 18.2 Å². The van der Waals surface area contributed by atoms with Crippen molar-refractivity contribution in [1.29, 1.82) is 0 Å². The zero-order valence-electron chi connectivity index (χ0n) is 9.78. The summed E-state index contributed by atoms with van der Waals surface area (Å²) in [5, 5.41) is 2.58. The van der Waals surface area contributed by atoms with Gasteiger partial charge in [0.2, 0.25) is 0 Å². The molecule has 0 aromatic heterocycles. The van der Waals surface area contributed by atoms with Crippen molar-refractivity contribution >= 4 is 11.8 Å². The predicted octanol–water partition coefficient (Wildman–Crippen LogP) is 0.599. The van der Waals surface area contributed by atoms with Gasteiger partial charge in [-0.2, -0.15) is 0 Å². The molecule has 1 aromatic carbocycles. The van der Waals surface area contributed by atoms with Crippen LogP contribution in [0.3, 0.4) is 0 Å². The van der Waals surface area contributed by atoms with E-state index >= 15 is 0 Å². The van der Waals surface area contributed by atoms with Crippen LogP contribution in [0.4, 0.5) is 4.39 Å². The minimum absolute atomic E-state index is 0.0259. The van der Waals surface area contributed by atoms with Gasteiger partial charge in [0.25, 0.3) is 0 Å². The summed E-state index contributed by atoms with van der Waals surface area (Å²) >= 11 is 0. The number of aryl methyl sites for hydroxylation is 1. The molecule has 2 amide bonds. The van der Waals surface area contributed by atoms with Crippen LogP contribution in [0.25, 0.3) is 0 Å². The van der Waals surface area contributed by atoms with E-state index in [4.69, 9.17) is 0 Å². The van der Waals surface area contributed by atoms with E-state index in [-0.39, 0.29) is 18.4 Å². The van der Waals surface area contributed by atoms with Crippen molar-refractivity contribution < 1.29 is 14.0 Å². The molecular formula is C13H13FN2O2. The number of carbonyl (C=O) groups excluding carboxylic acids is 2. The Morgan fingerprint density at radius 2 is 2.17 bits per heavy atom. The molecule has 3 rings (SSSR count). The molecule has 18 heavy (non-hydrogen) atoms. The van der Waals surface area contributed by atoms with Crippen molar-refractivity contribution in [3.63, 3.8) is 0 Å². The van der Waals surface area contributed by atoms with Crippen molar-refractivity contribution in [3.05, 3.63) is 35.1 Å². The quantitative estimate of drug-likeness (QED) is 0.683. The summed E-state index contributed by atoms with van der Waals surface area (Å²) in [5.41, 5.74) is 1.48. The molecule has 1 fully saturated rings. The Hall–Kier alpha value is -1.91. The molecule has 0 spiro atoms. The largest absolute Gasteiger partial charge is 0.346 e. The molecule has 0 bridgehead atoms. The number of amides is 2. The second-order valence-corrected chi connectivity index (χ2v) is 4.71. The van der Waals surface area contributed by atoms with Gasteiger partial charge in [0.15, 0.2) is 0 Å². The van der Waals surface area contributed by atoms with Gasteiger partial charge < -0.3 is 10.2 Å². The first kappa shape index (κ1) is 11.2. The molecule has 94 valence electrons. The summed E-state index contributed by atoms with van der Waals surface area (Å²) in [6, 6.07) is 4.94.